The first-order valence-electron chi connectivity index (χ1n) is 12.0. The predicted octanol–water partition coefficient (Wildman–Crippen LogP) is 2.74. The van der Waals surface area contributed by atoms with E-state index in [4.69, 9.17) is 9.47 Å². The molecule has 178 valence electrons. The number of likely N-dealkylation sites (tertiary alicyclic amines) is 1. The number of carbonyl (C=O) groups excluding carboxylic acids is 2. The molecule has 0 N–H and O–H groups in total. The van der Waals surface area contributed by atoms with Crippen LogP contribution in [0.3, 0.4) is 0 Å². The van der Waals surface area contributed by atoms with Crippen molar-refractivity contribution >= 4 is 11.8 Å². The average molecular weight is 455 g/mol. The molecule has 2 aliphatic rings. The number of ether oxygens (including phenoxy) is 2. The minimum Gasteiger partial charge on any atom is -0.490 e. The van der Waals surface area contributed by atoms with Gasteiger partial charge in [-0.25, -0.2) is 4.98 Å². The second-order valence-corrected chi connectivity index (χ2v) is 8.97. The van der Waals surface area contributed by atoms with Crippen LogP contribution in [0.25, 0.3) is 0 Å². The maximum Gasteiger partial charge on any atom is 0.225 e. The Bertz CT molecular complexity index is 883. The van der Waals surface area contributed by atoms with Gasteiger partial charge in [-0.05, 0) is 37.8 Å². The zero-order valence-corrected chi connectivity index (χ0v) is 19.2. The summed E-state index contributed by atoms with van der Waals surface area (Å²) in [6, 6.07) is 9.55. The summed E-state index contributed by atoms with van der Waals surface area (Å²) in [5, 5.41) is 0. The summed E-state index contributed by atoms with van der Waals surface area (Å²) in [6.45, 7) is 3.88. The van der Waals surface area contributed by atoms with Gasteiger partial charge in [0.1, 0.15) is 18.0 Å². The molecule has 0 saturated carbocycles. The highest BCUT2D eigenvalue weighted by Crippen LogP contribution is 2.27. The van der Waals surface area contributed by atoms with Gasteiger partial charge in [-0.1, -0.05) is 18.2 Å². The Morgan fingerprint density at radius 3 is 2.61 bits per heavy atom. The van der Waals surface area contributed by atoms with Gasteiger partial charge in [0, 0.05) is 45.0 Å². The van der Waals surface area contributed by atoms with Crippen LogP contribution >= 0.6 is 0 Å². The molecule has 0 aliphatic carbocycles. The van der Waals surface area contributed by atoms with E-state index >= 15 is 0 Å². The Kier molecular flexibility index (Phi) is 7.99. The van der Waals surface area contributed by atoms with Crippen molar-refractivity contribution in [2.45, 2.75) is 50.7 Å². The van der Waals surface area contributed by atoms with Gasteiger partial charge in [-0.2, -0.15) is 0 Å². The normalized spacial score (nSPS) is 21.1. The third-order valence-electron chi connectivity index (χ3n) is 6.39. The van der Waals surface area contributed by atoms with Crippen LogP contribution in [0.5, 0.6) is 5.75 Å². The molecule has 2 aliphatic heterocycles. The van der Waals surface area contributed by atoms with Crippen LogP contribution in [0.15, 0.2) is 49.1 Å². The molecule has 33 heavy (non-hydrogen) atoms. The largest absolute Gasteiger partial charge is 0.490 e. The molecular formula is C25H34N4O4. The molecule has 1 aromatic heterocycles. The summed E-state index contributed by atoms with van der Waals surface area (Å²) in [6.07, 6.45) is 10.1. The Hall–Kier alpha value is -2.87. The number of rotatable bonds is 9. The number of hydrogen-bond acceptors (Lipinski definition) is 5. The Labute approximate surface area is 195 Å². The highest BCUT2D eigenvalue weighted by atomic mass is 16.5. The van der Waals surface area contributed by atoms with Crippen LogP contribution in [0, 0.1) is 0 Å². The van der Waals surface area contributed by atoms with Crippen molar-refractivity contribution in [1.82, 2.24) is 19.4 Å². The zero-order chi connectivity index (χ0) is 22.9. The SMILES string of the molecule is O=C(CC1(COc2ccccc2)CN(C(=O)CCCn2ccnc2)CCO1)N1CCCCC1. The number of piperidine rings is 1. The first-order chi connectivity index (χ1) is 16.1. The van der Waals surface area contributed by atoms with E-state index in [1.807, 2.05) is 50.9 Å². The molecule has 2 amide bonds. The van der Waals surface area contributed by atoms with Crippen LogP contribution in [0.2, 0.25) is 0 Å². The lowest BCUT2D eigenvalue weighted by Gasteiger charge is -2.43. The van der Waals surface area contributed by atoms with Gasteiger partial charge in [0.15, 0.2) is 0 Å². The fraction of sp³-hybridized carbons (Fsp3) is 0.560. The van der Waals surface area contributed by atoms with E-state index in [9.17, 15) is 9.59 Å². The van der Waals surface area contributed by atoms with Gasteiger partial charge in [0.2, 0.25) is 11.8 Å². The van der Waals surface area contributed by atoms with Gasteiger partial charge in [-0.15, -0.1) is 0 Å². The number of morpholine rings is 1. The molecule has 2 saturated heterocycles. The Morgan fingerprint density at radius 1 is 1.03 bits per heavy atom. The van der Waals surface area contributed by atoms with E-state index in [-0.39, 0.29) is 24.8 Å². The molecule has 4 rings (SSSR count). The van der Waals surface area contributed by atoms with Gasteiger partial charge in [-0.3, -0.25) is 9.59 Å². The lowest BCUT2D eigenvalue weighted by molar-refractivity contribution is -0.166. The van der Waals surface area contributed by atoms with E-state index < -0.39 is 5.60 Å². The van der Waals surface area contributed by atoms with Gasteiger partial charge in [0.25, 0.3) is 0 Å². The quantitative estimate of drug-likeness (QED) is 0.582. The van der Waals surface area contributed by atoms with Gasteiger partial charge in [0.05, 0.1) is 25.9 Å². The number of carbonyl (C=O) groups is 2. The lowest BCUT2D eigenvalue weighted by atomic mass is 9.96. The van der Waals surface area contributed by atoms with E-state index in [2.05, 4.69) is 4.98 Å². The topological polar surface area (TPSA) is 76.9 Å². The third-order valence-corrected chi connectivity index (χ3v) is 6.39. The monoisotopic (exact) mass is 454 g/mol. The van der Waals surface area contributed by atoms with Crippen molar-refractivity contribution in [3.05, 3.63) is 49.1 Å². The van der Waals surface area contributed by atoms with Crippen molar-refractivity contribution in [3.63, 3.8) is 0 Å². The van der Waals surface area contributed by atoms with Crippen molar-refractivity contribution in [2.24, 2.45) is 0 Å². The lowest BCUT2D eigenvalue weighted by Crippen LogP contribution is -2.58. The summed E-state index contributed by atoms with van der Waals surface area (Å²) in [5.41, 5.74) is -0.845. The molecule has 8 heteroatoms. The zero-order valence-electron chi connectivity index (χ0n) is 19.2. The molecule has 2 aromatic rings. The number of nitrogens with zero attached hydrogens (tertiary/aromatic N) is 4. The predicted molar refractivity (Wildman–Crippen MR) is 124 cm³/mol. The molecule has 2 fully saturated rings. The molecule has 8 nitrogen and oxygen atoms in total. The number of para-hydroxylation sites is 1. The van der Waals surface area contributed by atoms with Crippen molar-refractivity contribution in [1.29, 1.82) is 0 Å². The fourth-order valence-electron chi connectivity index (χ4n) is 4.56. The average Bonchev–Trinajstić information content (AvgIpc) is 3.38. The summed E-state index contributed by atoms with van der Waals surface area (Å²) in [4.78, 5) is 33.9. The Balaban J connectivity index is 1.40. The fourth-order valence-corrected chi connectivity index (χ4v) is 4.56. The van der Waals surface area contributed by atoms with E-state index in [0.29, 0.717) is 26.1 Å². The first-order valence-corrected chi connectivity index (χ1v) is 12.0. The van der Waals surface area contributed by atoms with Crippen LogP contribution in [0.4, 0.5) is 0 Å². The van der Waals surface area contributed by atoms with E-state index in [1.54, 1.807) is 12.5 Å². The number of hydrogen-bond donors (Lipinski definition) is 0. The molecule has 1 atom stereocenters. The second-order valence-electron chi connectivity index (χ2n) is 8.97. The van der Waals surface area contributed by atoms with Gasteiger partial charge < -0.3 is 23.8 Å². The molecule has 0 bridgehead atoms. The number of imidazole rings is 1. The number of aromatic nitrogens is 2. The minimum atomic E-state index is -0.845. The van der Waals surface area contributed by atoms with Crippen molar-refractivity contribution < 1.29 is 19.1 Å². The van der Waals surface area contributed by atoms with Crippen LogP contribution < -0.4 is 4.74 Å². The van der Waals surface area contributed by atoms with E-state index in [1.165, 1.54) is 6.42 Å². The summed E-state index contributed by atoms with van der Waals surface area (Å²) in [5.74, 6) is 0.906. The number of amides is 2. The molecular weight excluding hydrogens is 420 g/mol. The molecule has 0 spiro atoms. The smallest absolute Gasteiger partial charge is 0.225 e. The minimum absolute atomic E-state index is 0.0840. The summed E-state index contributed by atoms with van der Waals surface area (Å²) >= 11 is 0. The molecule has 1 unspecified atom stereocenters. The van der Waals surface area contributed by atoms with Gasteiger partial charge >= 0.3 is 0 Å². The van der Waals surface area contributed by atoms with E-state index in [0.717, 1.165) is 44.6 Å². The number of aryl methyl sites for hydroxylation is 1. The maximum atomic E-state index is 13.1. The van der Waals surface area contributed by atoms with Crippen LogP contribution in [-0.4, -0.2) is 76.2 Å². The van der Waals surface area contributed by atoms with Crippen molar-refractivity contribution in [3.8, 4) is 5.75 Å². The number of benzene rings is 1. The third kappa shape index (κ3) is 6.57. The molecule has 1 aromatic carbocycles. The Morgan fingerprint density at radius 2 is 1.85 bits per heavy atom. The van der Waals surface area contributed by atoms with Crippen molar-refractivity contribution in [2.75, 3.05) is 39.4 Å². The summed E-state index contributed by atoms with van der Waals surface area (Å²) < 4.78 is 14.2. The highest BCUT2D eigenvalue weighted by Gasteiger charge is 2.42. The standard InChI is InChI=1S/C25H34N4O4/c30-23(10-7-12-27-15-11-26-21-27)29-16-17-33-25(19-29,20-32-22-8-3-1-4-9-22)18-24(31)28-13-5-2-6-14-28/h1,3-4,8-9,11,15,21H,2,5-7,10,12-14,16-20H2. The summed E-state index contributed by atoms with van der Waals surface area (Å²) in [7, 11) is 0. The molecule has 0 radical (unpaired) electrons. The maximum absolute atomic E-state index is 13.1. The first kappa shape index (κ1) is 23.3. The highest BCUT2D eigenvalue weighted by molar-refractivity contribution is 5.79. The second kappa shape index (κ2) is 11.3. The van der Waals surface area contributed by atoms with Crippen LogP contribution in [-0.2, 0) is 20.9 Å². The van der Waals surface area contributed by atoms with Crippen LogP contribution in [0.1, 0.15) is 38.5 Å². The molecule has 3 heterocycles.